The van der Waals surface area contributed by atoms with Gasteiger partial charge >= 0.3 is 0 Å². The summed E-state index contributed by atoms with van der Waals surface area (Å²) in [6.07, 6.45) is 4.62. The van der Waals surface area contributed by atoms with Crippen LogP contribution < -0.4 is 10.6 Å². The Morgan fingerprint density at radius 3 is 2.40 bits per heavy atom. The molecule has 0 radical (unpaired) electrons. The van der Waals surface area contributed by atoms with E-state index in [4.69, 9.17) is 0 Å². The van der Waals surface area contributed by atoms with Crippen LogP contribution in [0.3, 0.4) is 0 Å². The molecule has 0 spiro atoms. The van der Waals surface area contributed by atoms with E-state index in [2.05, 4.69) is 39.4 Å². The maximum Gasteiger partial charge on any atom is 0.163 e. The second kappa shape index (κ2) is 8.24. The summed E-state index contributed by atoms with van der Waals surface area (Å²) in [6.45, 7) is 4.99. The molecule has 5 heteroatoms. The first-order chi connectivity index (χ1) is 12.2. The van der Waals surface area contributed by atoms with E-state index >= 15 is 0 Å². The second-order valence-corrected chi connectivity index (χ2v) is 5.99. The molecule has 1 unspecified atom stereocenters. The zero-order valence-electron chi connectivity index (χ0n) is 14.6. The van der Waals surface area contributed by atoms with Gasteiger partial charge in [-0.2, -0.15) is 0 Å². The van der Waals surface area contributed by atoms with Gasteiger partial charge in [0.2, 0.25) is 0 Å². The van der Waals surface area contributed by atoms with Gasteiger partial charge < -0.3 is 10.6 Å². The average molecular weight is 333 g/mol. The van der Waals surface area contributed by atoms with Crippen molar-refractivity contribution in [1.29, 1.82) is 0 Å². The highest BCUT2D eigenvalue weighted by Crippen LogP contribution is 2.21. The highest BCUT2D eigenvalue weighted by atomic mass is 15.1. The first kappa shape index (κ1) is 16.9. The highest BCUT2D eigenvalue weighted by molar-refractivity contribution is 5.61. The lowest BCUT2D eigenvalue weighted by Crippen LogP contribution is -2.15. The van der Waals surface area contributed by atoms with Crippen LogP contribution >= 0.6 is 0 Å². The first-order valence-corrected chi connectivity index (χ1v) is 8.58. The van der Waals surface area contributed by atoms with Crippen molar-refractivity contribution in [3.05, 3.63) is 66.5 Å². The summed E-state index contributed by atoms with van der Waals surface area (Å²) in [5.74, 6) is 2.35. The van der Waals surface area contributed by atoms with Gasteiger partial charge in [-0.1, -0.05) is 37.3 Å². The second-order valence-electron chi connectivity index (χ2n) is 5.99. The van der Waals surface area contributed by atoms with Gasteiger partial charge in [-0.3, -0.25) is 4.98 Å². The maximum atomic E-state index is 4.67. The Balaban J connectivity index is 1.86. The van der Waals surface area contributed by atoms with Gasteiger partial charge in [-0.25, -0.2) is 9.97 Å². The number of rotatable bonds is 7. The van der Waals surface area contributed by atoms with E-state index in [-0.39, 0.29) is 0 Å². The molecule has 25 heavy (non-hydrogen) atoms. The summed E-state index contributed by atoms with van der Waals surface area (Å²) in [5, 5.41) is 6.82. The number of aromatic nitrogens is 3. The number of anilines is 2. The third-order valence-corrected chi connectivity index (χ3v) is 3.99. The molecule has 2 aromatic heterocycles. The monoisotopic (exact) mass is 333 g/mol. The summed E-state index contributed by atoms with van der Waals surface area (Å²) >= 11 is 0. The number of nitrogens with zero attached hydrogens (tertiary/aromatic N) is 3. The van der Waals surface area contributed by atoms with E-state index in [1.165, 1.54) is 0 Å². The van der Waals surface area contributed by atoms with Crippen molar-refractivity contribution in [3.8, 4) is 11.4 Å². The Bertz CT molecular complexity index is 790. The lowest BCUT2D eigenvalue weighted by molar-refractivity contribution is 0.758. The fourth-order valence-electron chi connectivity index (χ4n) is 2.38. The molecule has 0 saturated heterocycles. The molecule has 0 aliphatic rings. The van der Waals surface area contributed by atoms with Gasteiger partial charge in [0.1, 0.15) is 11.6 Å². The Hall–Kier alpha value is -2.95. The number of pyridine rings is 1. The molecule has 0 bridgehead atoms. The van der Waals surface area contributed by atoms with Gasteiger partial charge in [0.15, 0.2) is 5.82 Å². The van der Waals surface area contributed by atoms with Crippen molar-refractivity contribution in [2.75, 3.05) is 10.6 Å². The molecule has 1 aromatic carbocycles. The molecule has 0 aliphatic heterocycles. The van der Waals surface area contributed by atoms with Gasteiger partial charge in [0.05, 0.1) is 0 Å². The Labute approximate surface area is 148 Å². The summed E-state index contributed by atoms with van der Waals surface area (Å²) in [7, 11) is 0. The van der Waals surface area contributed by atoms with E-state index in [1.54, 1.807) is 12.4 Å². The van der Waals surface area contributed by atoms with Crippen molar-refractivity contribution < 1.29 is 0 Å². The number of nitrogens with one attached hydrogen (secondary N) is 2. The zero-order valence-corrected chi connectivity index (χ0v) is 14.6. The molecular weight excluding hydrogens is 310 g/mol. The van der Waals surface area contributed by atoms with Gasteiger partial charge in [0, 0.05) is 36.6 Å². The van der Waals surface area contributed by atoms with E-state index in [9.17, 15) is 0 Å². The van der Waals surface area contributed by atoms with Crippen LogP contribution in [0.2, 0.25) is 0 Å². The minimum absolute atomic E-state index is 0.353. The zero-order chi connectivity index (χ0) is 17.5. The summed E-state index contributed by atoms with van der Waals surface area (Å²) in [4.78, 5) is 13.4. The number of hydrogen-bond acceptors (Lipinski definition) is 5. The van der Waals surface area contributed by atoms with Crippen LogP contribution in [-0.4, -0.2) is 21.0 Å². The molecule has 0 amide bonds. The largest absolute Gasteiger partial charge is 0.367 e. The van der Waals surface area contributed by atoms with Crippen LogP contribution in [0.25, 0.3) is 11.4 Å². The van der Waals surface area contributed by atoms with Crippen LogP contribution in [0.4, 0.5) is 11.6 Å². The lowest BCUT2D eigenvalue weighted by Gasteiger charge is -2.15. The number of benzene rings is 1. The van der Waals surface area contributed by atoms with Crippen LogP contribution in [0.15, 0.2) is 60.9 Å². The third kappa shape index (κ3) is 4.76. The average Bonchev–Trinajstić information content (AvgIpc) is 2.67. The first-order valence-electron chi connectivity index (χ1n) is 8.58. The van der Waals surface area contributed by atoms with E-state index in [1.807, 2.05) is 48.5 Å². The Kier molecular flexibility index (Phi) is 5.57. The molecule has 2 heterocycles. The molecule has 0 saturated carbocycles. The molecule has 5 nitrogen and oxygen atoms in total. The van der Waals surface area contributed by atoms with Crippen LogP contribution in [0.1, 0.15) is 25.8 Å². The molecule has 128 valence electrons. The maximum absolute atomic E-state index is 4.67. The minimum Gasteiger partial charge on any atom is -0.367 e. The van der Waals surface area contributed by atoms with Crippen molar-refractivity contribution in [1.82, 2.24) is 15.0 Å². The van der Waals surface area contributed by atoms with Gasteiger partial charge in [-0.05, 0) is 31.0 Å². The standard InChI is InChI=1S/C20H23N5/c1-3-15(2)23-19-13-18(22-14-16-9-11-21-12-10-16)24-20(25-19)17-7-5-4-6-8-17/h4-13,15H,3,14H2,1-2H3,(H2,22,23,24,25). The van der Waals surface area contributed by atoms with Crippen LogP contribution in [0, 0.1) is 0 Å². The molecule has 3 aromatic rings. The molecular formula is C20H23N5. The Morgan fingerprint density at radius 1 is 0.960 bits per heavy atom. The minimum atomic E-state index is 0.353. The third-order valence-electron chi connectivity index (χ3n) is 3.99. The SMILES string of the molecule is CCC(C)Nc1cc(NCc2ccncc2)nc(-c2ccccc2)n1. The van der Waals surface area contributed by atoms with Crippen LogP contribution in [0.5, 0.6) is 0 Å². The fraction of sp³-hybridized carbons (Fsp3) is 0.250. The van der Waals surface area contributed by atoms with E-state index < -0.39 is 0 Å². The normalized spacial score (nSPS) is 11.8. The molecule has 3 rings (SSSR count). The van der Waals surface area contributed by atoms with E-state index in [0.29, 0.717) is 18.4 Å². The van der Waals surface area contributed by atoms with Crippen molar-refractivity contribution >= 4 is 11.6 Å². The van der Waals surface area contributed by atoms with Crippen molar-refractivity contribution in [2.45, 2.75) is 32.9 Å². The van der Waals surface area contributed by atoms with Gasteiger partial charge in [0.25, 0.3) is 0 Å². The summed E-state index contributed by atoms with van der Waals surface area (Å²) in [5.41, 5.74) is 2.16. The topological polar surface area (TPSA) is 62.7 Å². The molecule has 0 aliphatic carbocycles. The molecule has 0 fully saturated rings. The quantitative estimate of drug-likeness (QED) is 0.672. The molecule has 2 N–H and O–H groups in total. The van der Waals surface area contributed by atoms with Crippen molar-refractivity contribution in [2.24, 2.45) is 0 Å². The summed E-state index contributed by atoms with van der Waals surface area (Å²) < 4.78 is 0. The predicted octanol–water partition coefficient (Wildman–Crippen LogP) is 4.36. The fourth-order valence-corrected chi connectivity index (χ4v) is 2.38. The lowest BCUT2D eigenvalue weighted by atomic mass is 10.2. The van der Waals surface area contributed by atoms with E-state index in [0.717, 1.165) is 29.2 Å². The number of hydrogen-bond donors (Lipinski definition) is 2. The summed E-state index contributed by atoms with van der Waals surface area (Å²) in [6, 6.07) is 16.3. The van der Waals surface area contributed by atoms with Gasteiger partial charge in [-0.15, -0.1) is 0 Å². The predicted molar refractivity (Wildman–Crippen MR) is 102 cm³/mol. The van der Waals surface area contributed by atoms with Crippen molar-refractivity contribution in [3.63, 3.8) is 0 Å². The highest BCUT2D eigenvalue weighted by Gasteiger charge is 2.08. The molecule has 1 atom stereocenters. The van der Waals surface area contributed by atoms with Crippen LogP contribution in [-0.2, 0) is 6.54 Å². The Morgan fingerprint density at radius 2 is 1.68 bits per heavy atom. The smallest absolute Gasteiger partial charge is 0.163 e.